The van der Waals surface area contributed by atoms with E-state index >= 15 is 0 Å². The van der Waals surface area contributed by atoms with E-state index in [9.17, 15) is 9.18 Å². The van der Waals surface area contributed by atoms with Crippen LogP contribution in [-0.4, -0.2) is 10.8 Å². The molecule has 1 aromatic carbocycles. The number of aromatic nitrogens is 1. The maximum Gasteiger partial charge on any atom is 0.171 e. The van der Waals surface area contributed by atoms with Gasteiger partial charge < -0.3 is 0 Å². The molecule has 0 aliphatic carbocycles. The molecule has 0 bridgehead atoms. The minimum atomic E-state index is -0.276. The van der Waals surface area contributed by atoms with Crippen molar-refractivity contribution in [3.05, 3.63) is 41.2 Å². The summed E-state index contributed by atoms with van der Waals surface area (Å²) < 4.78 is 12.7. The fraction of sp³-hybridized carbons (Fsp3) is 0.231. The number of thiazole rings is 1. The van der Waals surface area contributed by atoms with Gasteiger partial charge in [0.1, 0.15) is 10.8 Å². The molecule has 0 unspecified atom stereocenters. The van der Waals surface area contributed by atoms with Crippen LogP contribution < -0.4 is 0 Å². The first-order chi connectivity index (χ1) is 8.16. The number of nitrogens with zero attached hydrogens (tertiary/aromatic N) is 1. The fourth-order valence-electron chi connectivity index (χ4n) is 1.16. The Morgan fingerprint density at radius 3 is 2.29 bits per heavy atom. The summed E-state index contributed by atoms with van der Waals surface area (Å²) in [4.78, 5) is 15.8. The first-order valence-electron chi connectivity index (χ1n) is 5.39. The molecule has 0 atom stereocenters. The minimum Gasteiger partial charge on any atom is -0.294 e. The molecule has 1 heterocycles. The Balaban J connectivity index is 0.000000686. The van der Waals surface area contributed by atoms with Crippen LogP contribution in [0.15, 0.2) is 30.5 Å². The molecule has 2 aromatic rings. The van der Waals surface area contributed by atoms with Crippen LogP contribution in [0.25, 0.3) is 10.6 Å². The van der Waals surface area contributed by atoms with Crippen molar-refractivity contribution in [2.45, 2.75) is 20.8 Å². The summed E-state index contributed by atoms with van der Waals surface area (Å²) in [5.74, 6) is -0.275. The van der Waals surface area contributed by atoms with Gasteiger partial charge in [0.05, 0.1) is 4.88 Å². The highest BCUT2D eigenvalue weighted by Gasteiger charge is 2.07. The van der Waals surface area contributed by atoms with Gasteiger partial charge in [-0.3, -0.25) is 4.79 Å². The zero-order valence-electron chi connectivity index (χ0n) is 10.0. The van der Waals surface area contributed by atoms with Crippen molar-refractivity contribution in [3.63, 3.8) is 0 Å². The second kappa shape index (κ2) is 6.25. The number of carbonyl (C=O) groups excluding carboxylic acids is 1. The first kappa shape index (κ1) is 13.5. The van der Waals surface area contributed by atoms with Gasteiger partial charge in [-0.15, -0.1) is 11.3 Å². The van der Waals surface area contributed by atoms with Gasteiger partial charge in [-0.1, -0.05) is 13.8 Å². The van der Waals surface area contributed by atoms with Gasteiger partial charge in [-0.05, 0) is 24.3 Å². The minimum absolute atomic E-state index is 0.000798. The van der Waals surface area contributed by atoms with Gasteiger partial charge in [-0.25, -0.2) is 9.37 Å². The molecule has 2 nitrogen and oxygen atoms in total. The smallest absolute Gasteiger partial charge is 0.171 e. The van der Waals surface area contributed by atoms with Crippen LogP contribution in [-0.2, 0) is 0 Å². The molecule has 0 saturated carbocycles. The quantitative estimate of drug-likeness (QED) is 0.749. The van der Waals surface area contributed by atoms with Crippen LogP contribution >= 0.6 is 11.3 Å². The van der Waals surface area contributed by atoms with Crippen LogP contribution in [0, 0.1) is 5.82 Å². The second-order valence-corrected chi connectivity index (χ2v) is 4.12. The van der Waals surface area contributed by atoms with Gasteiger partial charge >= 0.3 is 0 Å². The number of rotatable bonds is 2. The summed E-state index contributed by atoms with van der Waals surface area (Å²) in [6, 6.07) is 6.06. The van der Waals surface area contributed by atoms with E-state index in [-0.39, 0.29) is 11.6 Å². The van der Waals surface area contributed by atoms with Crippen molar-refractivity contribution in [1.82, 2.24) is 4.98 Å². The van der Waals surface area contributed by atoms with E-state index in [1.807, 2.05) is 13.8 Å². The van der Waals surface area contributed by atoms with Crippen molar-refractivity contribution < 1.29 is 9.18 Å². The van der Waals surface area contributed by atoms with Gasteiger partial charge in [0.15, 0.2) is 5.78 Å². The predicted molar refractivity (Wildman–Crippen MR) is 68.9 cm³/mol. The molecule has 0 aliphatic rings. The number of Topliss-reactive ketones (excluding diaryl/α,β-unsaturated/α-hetero) is 1. The third kappa shape index (κ3) is 3.46. The lowest BCUT2D eigenvalue weighted by atomic mass is 10.2. The molecule has 17 heavy (non-hydrogen) atoms. The summed E-state index contributed by atoms with van der Waals surface area (Å²) >= 11 is 1.32. The lowest BCUT2D eigenvalue weighted by Gasteiger charge is -1.94. The molecule has 90 valence electrons. The van der Waals surface area contributed by atoms with Crippen LogP contribution in [0.4, 0.5) is 4.39 Å². The SMILES string of the molecule is CC.CC(=O)c1cnc(-c2ccc(F)cc2)s1. The zero-order chi connectivity index (χ0) is 12.8. The van der Waals surface area contributed by atoms with Gasteiger partial charge in [0, 0.05) is 18.7 Å². The predicted octanol–water partition coefficient (Wildman–Crippen LogP) is 4.18. The Kier molecular flexibility index (Phi) is 4.97. The average molecular weight is 251 g/mol. The van der Waals surface area contributed by atoms with E-state index in [1.54, 1.807) is 18.3 Å². The van der Waals surface area contributed by atoms with Crippen molar-refractivity contribution in [3.8, 4) is 10.6 Å². The fourth-order valence-corrected chi connectivity index (χ4v) is 1.98. The molecule has 4 heteroatoms. The van der Waals surface area contributed by atoms with Crippen LogP contribution in [0.5, 0.6) is 0 Å². The summed E-state index contributed by atoms with van der Waals surface area (Å²) in [5, 5.41) is 0.736. The Hall–Kier alpha value is -1.55. The Labute approximate surface area is 104 Å². The Morgan fingerprint density at radius 1 is 1.24 bits per heavy atom. The summed E-state index contributed by atoms with van der Waals surface area (Å²) in [5.41, 5.74) is 0.828. The number of carbonyl (C=O) groups is 1. The number of ketones is 1. The van der Waals surface area contributed by atoms with E-state index < -0.39 is 0 Å². The lowest BCUT2D eigenvalue weighted by Crippen LogP contribution is -1.83. The molecule has 0 aliphatic heterocycles. The number of halogens is 1. The number of hydrogen-bond donors (Lipinski definition) is 0. The second-order valence-electron chi connectivity index (χ2n) is 3.09. The van der Waals surface area contributed by atoms with E-state index in [0.717, 1.165) is 10.6 Å². The van der Waals surface area contributed by atoms with Gasteiger partial charge in [0.2, 0.25) is 0 Å². The lowest BCUT2D eigenvalue weighted by molar-refractivity contribution is 0.102. The highest BCUT2D eigenvalue weighted by Crippen LogP contribution is 2.25. The Morgan fingerprint density at radius 2 is 1.82 bits per heavy atom. The van der Waals surface area contributed by atoms with Crippen LogP contribution in [0.3, 0.4) is 0 Å². The molecular formula is C13H14FNOS. The van der Waals surface area contributed by atoms with Crippen LogP contribution in [0.1, 0.15) is 30.4 Å². The highest BCUT2D eigenvalue weighted by molar-refractivity contribution is 7.16. The van der Waals surface area contributed by atoms with Crippen molar-refractivity contribution >= 4 is 17.1 Å². The molecule has 1 aromatic heterocycles. The molecule has 0 saturated heterocycles. The van der Waals surface area contributed by atoms with E-state index in [0.29, 0.717) is 4.88 Å². The molecule has 2 rings (SSSR count). The van der Waals surface area contributed by atoms with Crippen LogP contribution in [0.2, 0.25) is 0 Å². The molecule has 0 N–H and O–H groups in total. The van der Waals surface area contributed by atoms with Crippen molar-refractivity contribution in [2.75, 3.05) is 0 Å². The van der Waals surface area contributed by atoms with E-state index in [1.165, 1.54) is 30.4 Å². The first-order valence-corrected chi connectivity index (χ1v) is 6.21. The normalized spacial score (nSPS) is 9.41. The average Bonchev–Trinajstić information content (AvgIpc) is 2.82. The summed E-state index contributed by atoms with van der Waals surface area (Å²) in [6.45, 7) is 5.50. The molecule has 0 amide bonds. The van der Waals surface area contributed by atoms with E-state index in [4.69, 9.17) is 0 Å². The number of benzene rings is 1. The molecule has 0 fully saturated rings. The van der Waals surface area contributed by atoms with Crippen molar-refractivity contribution in [2.24, 2.45) is 0 Å². The third-order valence-electron chi connectivity index (χ3n) is 1.94. The monoisotopic (exact) mass is 251 g/mol. The summed E-state index contributed by atoms with van der Waals surface area (Å²) in [6.07, 6.45) is 1.55. The molecule has 0 radical (unpaired) electrons. The molecular weight excluding hydrogens is 237 g/mol. The third-order valence-corrected chi connectivity index (χ3v) is 3.09. The largest absolute Gasteiger partial charge is 0.294 e. The zero-order valence-corrected chi connectivity index (χ0v) is 10.8. The van der Waals surface area contributed by atoms with Crippen molar-refractivity contribution in [1.29, 1.82) is 0 Å². The van der Waals surface area contributed by atoms with E-state index in [2.05, 4.69) is 4.98 Å². The maximum absolute atomic E-state index is 12.7. The Bertz CT molecular complexity index is 490. The standard InChI is InChI=1S/C11H8FNOS.C2H6/c1-7(14)10-6-13-11(15-10)8-2-4-9(12)5-3-8;1-2/h2-6H,1H3;1-2H3. The summed E-state index contributed by atoms with van der Waals surface area (Å²) in [7, 11) is 0. The topological polar surface area (TPSA) is 30.0 Å². The number of hydrogen-bond acceptors (Lipinski definition) is 3. The van der Waals surface area contributed by atoms with Gasteiger partial charge in [-0.2, -0.15) is 0 Å². The molecule has 0 spiro atoms. The maximum atomic E-state index is 12.7. The highest BCUT2D eigenvalue weighted by atomic mass is 32.1. The van der Waals surface area contributed by atoms with Gasteiger partial charge in [0.25, 0.3) is 0 Å².